The van der Waals surface area contributed by atoms with Gasteiger partial charge in [-0.15, -0.1) is 11.3 Å². The van der Waals surface area contributed by atoms with E-state index in [1.54, 1.807) is 6.20 Å². The van der Waals surface area contributed by atoms with Crippen molar-refractivity contribution in [3.63, 3.8) is 0 Å². The standard InChI is InChI=1S/C20H27FN2O2S2.C2H6/c1-11(2)15-6-14(21)7-16(12(3)4)17(15)8-19(25)23-27-20-22-9-18(26-20)13(5)10-24;1-2/h6-7,9,11-13,24H,8,10H2,1-5H3,(H,23,25);1-2H3. The van der Waals surface area contributed by atoms with Crippen LogP contribution in [-0.2, 0) is 11.2 Å². The molecule has 1 heterocycles. The Balaban J connectivity index is 0.00000204. The number of nitrogens with zero attached hydrogens (tertiary/aromatic N) is 1. The van der Waals surface area contributed by atoms with Gasteiger partial charge in [0.05, 0.1) is 13.0 Å². The van der Waals surface area contributed by atoms with Crippen LogP contribution in [0.1, 0.15) is 87.8 Å². The minimum atomic E-state index is -0.255. The number of nitrogens with one attached hydrogen (secondary N) is 1. The van der Waals surface area contributed by atoms with Gasteiger partial charge >= 0.3 is 0 Å². The molecule has 162 valence electrons. The highest BCUT2D eigenvalue weighted by Crippen LogP contribution is 2.30. The number of aliphatic hydroxyl groups excluding tert-OH is 1. The number of halogens is 1. The fraction of sp³-hybridized carbons (Fsp3) is 0.545. The predicted molar refractivity (Wildman–Crippen MR) is 121 cm³/mol. The summed E-state index contributed by atoms with van der Waals surface area (Å²) in [6, 6.07) is 3.07. The third-order valence-electron chi connectivity index (χ3n) is 4.38. The van der Waals surface area contributed by atoms with Crippen molar-refractivity contribution in [2.45, 2.75) is 77.0 Å². The van der Waals surface area contributed by atoms with Crippen LogP contribution in [0.5, 0.6) is 0 Å². The molecule has 4 nitrogen and oxygen atoms in total. The Morgan fingerprint density at radius 1 is 1.17 bits per heavy atom. The van der Waals surface area contributed by atoms with Gasteiger partial charge in [-0.25, -0.2) is 9.37 Å². The maximum atomic E-state index is 14.0. The highest BCUT2D eigenvalue weighted by molar-refractivity contribution is 7.99. The van der Waals surface area contributed by atoms with Crippen LogP contribution in [0.15, 0.2) is 22.7 Å². The van der Waals surface area contributed by atoms with E-state index in [1.807, 2.05) is 48.5 Å². The largest absolute Gasteiger partial charge is 0.396 e. The molecule has 0 aliphatic carbocycles. The molecular weight excluding hydrogens is 407 g/mol. The lowest BCUT2D eigenvalue weighted by Crippen LogP contribution is -2.20. The molecule has 7 heteroatoms. The van der Waals surface area contributed by atoms with E-state index < -0.39 is 0 Å². The number of rotatable bonds is 8. The van der Waals surface area contributed by atoms with Gasteiger partial charge in [-0.3, -0.25) is 9.52 Å². The molecule has 29 heavy (non-hydrogen) atoms. The molecule has 2 aromatic rings. The molecule has 0 saturated carbocycles. The summed E-state index contributed by atoms with van der Waals surface area (Å²) in [6.45, 7) is 14.0. The molecular formula is C22H33FN2O2S2. The Labute approximate surface area is 182 Å². The zero-order valence-electron chi connectivity index (χ0n) is 18.4. The summed E-state index contributed by atoms with van der Waals surface area (Å²) >= 11 is 2.64. The van der Waals surface area contributed by atoms with Crippen molar-refractivity contribution in [3.8, 4) is 0 Å². The topological polar surface area (TPSA) is 62.2 Å². The maximum absolute atomic E-state index is 14.0. The molecule has 0 bridgehead atoms. The smallest absolute Gasteiger partial charge is 0.234 e. The molecule has 1 aromatic carbocycles. The SMILES string of the molecule is CC.CC(C)c1cc(F)cc(C(C)C)c1CC(=O)NSc1ncc(C(C)CO)s1. The molecule has 0 aliphatic heterocycles. The van der Waals surface area contributed by atoms with E-state index >= 15 is 0 Å². The number of aromatic nitrogens is 1. The van der Waals surface area contributed by atoms with Crippen LogP contribution in [0, 0.1) is 5.82 Å². The first kappa shape index (κ1) is 25.6. The van der Waals surface area contributed by atoms with Crippen LogP contribution >= 0.6 is 23.3 Å². The summed E-state index contributed by atoms with van der Waals surface area (Å²) in [6.07, 6.45) is 1.94. The van der Waals surface area contributed by atoms with Crippen molar-refractivity contribution in [2.24, 2.45) is 0 Å². The summed E-state index contributed by atoms with van der Waals surface area (Å²) in [5.41, 5.74) is 2.67. The highest BCUT2D eigenvalue weighted by atomic mass is 32.2. The monoisotopic (exact) mass is 440 g/mol. The second-order valence-corrected chi connectivity index (χ2v) is 9.40. The van der Waals surface area contributed by atoms with Crippen molar-refractivity contribution in [2.75, 3.05) is 6.61 Å². The van der Waals surface area contributed by atoms with E-state index in [9.17, 15) is 14.3 Å². The molecule has 1 atom stereocenters. The fourth-order valence-electron chi connectivity index (χ4n) is 2.85. The van der Waals surface area contributed by atoms with Gasteiger partial charge in [0.1, 0.15) is 5.82 Å². The summed E-state index contributed by atoms with van der Waals surface area (Å²) in [5.74, 6) is -0.0872. The highest BCUT2D eigenvalue weighted by Gasteiger charge is 2.19. The quantitative estimate of drug-likeness (QED) is 0.493. The van der Waals surface area contributed by atoms with Crippen molar-refractivity contribution >= 4 is 29.2 Å². The van der Waals surface area contributed by atoms with Crippen molar-refractivity contribution in [1.82, 2.24) is 9.71 Å². The van der Waals surface area contributed by atoms with E-state index in [0.717, 1.165) is 25.9 Å². The lowest BCUT2D eigenvalue weighted by atomic mass is 9.87. The third kappa shape index (κ3) is 7.39. The molecule has 1 unspecified atom stereocenters. The van der Waals surface area contributed by atoms with Gasteiger partial charge < -0.3 is 5.11 Å². The Morgan fingerprint density at radius 2 is 1.72 bits per heavy atom. The molecule has 1 aromatic heterocycles. The lowest BCUT2D eigenvalue weighted by Gasteiger charge is -2.19. The number of hydrogen-bond donors (Lipinski definition) is 2. The van der Waals surface area contributed by atoms with Gasteiger partial charge in [-0.05, 0) is 40.7 Å². The Morgan fingerprint density at radius 3 is 2.21 bits per heavy atom. The average molecular weight is 441 g/mol. The molecule has 1 amide bonds. The molecule has 0 radical (unpaired) electrons. The van der Waals surface area contributed by atoms with Gasteiger partial charge in [-0.1, -0.05) is 48.5 Å². The minimum Gasteiger partial charge on any atom is -0.396 e. The fourth-order valence-corrected chi connectivity index (χ4v) is 4.49. The zero-order valence-corrected chi connectivity index (χ0v) is 20.0. The number of carbonyl (C=O) groups excluding carboxylic acids is 1. The van der Waals surface area contributed by atoms with Crippen molar-refractivity contribution < 1.29 is 14.3 Å². The number of hydrogen-bond acceptors (Lipinski definition) is 5. The van der Waals surface area contributed by atoms with Gasteiger partial charge in [0.15, 0.2) is 4.34 Å². The van der Waals surface area contributed by atoms with Crippen molar-refractivity contribution in [3.05, 3.63) is 45.7 Å². The Bertz CT molecular complexity index is 762. The van der Waals surface area contributed by atoms with Gasteiger partial charge in [-0.2, -0.15) is 0 Å². The number of amides is 1. The summed E-state index contributed by atoms with van der Waals surface area (Å²) < 4.78 is 17.6. The normalized spacial score (nSPS) is 12.0. The van der Waals surface area contributed by atoms with Gasteiger partial charge in [0.25, 0.3) is 0 Å². The number of benzene rings is 1. The average Bonchev–Trinajstić information content (AvgIpc) is 3.17. The predicted octanol–water partition coefficient (Wildman–Crippen LogP) is 6.02. The minimum absolute atomic E-state index is 0.0361. The number of carbonyl (C=O) groups is 1. The molecule has 0 aliphatic rings. The Hall–Kier alpha value is -1.44. The van der Waals surface area contributed by atoms with Crippen LogP contribution < -0.4 is 4.72 Å². The summed E-state index contributed by atoms with van der Waals surface area (Å²) in [7, 11) is 0. The second-order valence-electron chi connectivity index (χ2n) is 7.29. The van der Waals surface area contributed by atoms with Crippen LogP contribution in [-0.4, -0.2) is 22.6 Å². The van der Waals surface area contributed by atoms with Crippen LogP contribution in [0.2, 0.25) is 0 Å². The molecule has 0 spiro atoms. The number of thiazole rings is 1. The third-order valence-corrected chi connectivity index (χ3v) is 6.51. The molecule has 2 N–H and O–H groups in total. The van der Waals surface area contributed by atoms with E-state index in [4.69, 9.17) is 0 Å². The lowest BCUT2D eigenvalue weighted by molar-refractivity contribution is -0.118. The first-order valence-corrected chi connectivity index (χ1v) is 11.7. The summed E-state index contributed by atoms with van der Waals surface area (Å²) in [5, 5.41) is 9.22. The van der Waals surface area contributed by atoms with E-state index in [2.05, 4.69) is 9.71 Å². The molecule has 0 fully saturated rings. The van der Waals surface area contributed by atoms with Gasteiger partial charge in [0.2, 0.25) is 5.91 Å². The van der Waals surface area contributed by atoms with E-state index in [-0.39, 0.29) is 42.5 Å². The second kappa shape index (κ2) is 12.3. The van der Waals surface area contributed by atoms with E-state index in [1.165, 1.54) is 35.4 Å². The first-order valence-electron chi connectivity index (χ1n) is 10.1. The molecule has 2 rings (SSSR count). The zero-order chi connectivity index (χ0) is 22.1. The maximum Gasteiger partial charge on any atom is 0.234 e. The van der Waals surface area contributed by atoms with Crippen LogP contribution in [0.25, 0.3) is 0 Å². The molecule has 0 saturated heterocycles. The van der Waals surface area contributed by atoms with E-state index in [0.29, 0.717) is 0 Å². The summed E-state index contributed by atoms with van der Waals surface area (Å²) in [4.78, 5) is 17.8. The van der Waals surface area contributed by atoms with Crippen molar-refractivity contribution in [1.29, 1.82) is 0 Å². The van der Waals surface area contributed by atoms with Crippen LogP contribution in [0.4, 0.5) is 4.39 Å². The van der Waals surface area contributed by atoms with Crippen LogP contribution in [0.3, 0.4) is 0 Å². The number of aliphatic hydroxyl groups is 1. The van der Waals surface area contributed by atoms with Gasteiger partial charge in [0, 0.05) is 28.9 Å². The Kier molecular flexibility index (Phi) is 10.9. The first-order chi connectivity index (χ1) is 13.7.